The first-order valence-corrected chi connectivity index (χ1v) is 7.21. The zero-order chi connectivity index (χ0) is 15.4. The minimum atomic E-state index is -0.216. The Bertz CT molecular complexity index is 625. The zero-order valence-corrected chi connectivity index (χ0v) is 13.0. The summed E-state index contributed by atoms with van der Waals surface area (Å²) in [6.45, 7) is 6.83. The van der Waals surface area contributed by atoms with Crippen molar-refractivity contribution in [2.75, 3.05) is 13.7 Å². The lowest BCUT2D eigenvalue weighted by molar-refractivity contribution is 0.402. The Morgan fingerprint density at radius 1 is 1.19 bits per heavy atom. The summed E-state index contributed by atoms with van der Waals surface area (Å²) in [5, 5.41) is 3.37. The van der Waals surface area contributed by atoms with Crippen molar-refractivity contribution in [1.29, 1.82) is 0 Å². The molecule has 2 aromatic carbocycles. The van der Waals surface area contributed by atoms with Gasteiger partial charge < -0.3 is 10.1 Å². The third-order valence-corrected chi connectivity index (χ3v) is 3.63. The SMILES string of the molecule is CCNC(c1ccccc1F)c1c(C)cc(C)cc1OC. The van der Waals surface area contributed by atoms with Crippen LogP contribution < -0.4 is 10.1 Å². The Hall–Kier alpha value is -1.87. The maximum absolute atomic E-state index is 14.2. The monoisotopic (exact) mass is 287 g/mol. The molecule has 0 heterocycles. The van der Waals surface area contributed by atoms with Gasteiger partial charge >= 0.3 is 0 Å². The highest BCUT2D eigenvalue weighted by atomic mass is 19.1. The fourth-order valence-electron chi connectivity index (χ4n) is 2.76. The molecule has 2 aromatic rings. The second-order valence-corrected chi connectivity index (χ2v) is 5.21. The molecule has 1 N–H and O–H groups in total. The van der Waals surface area contributed by atoms with Crippen LogP contribution in [0.4, 0.5) is 4.39 Å². The number of hydrogen-bond donors (Lipinski definition) is 1. The van der Waals surface area contributed by atoms with Gasteiger partial charge in [0.15, 0.2) is 0 Å². The van der Waals surface area contributed by atoms with Crippen molar-refractivity contribution < 1.29 is 9.13 Å². The van der Waals surface area contributed by atoms with Gasteiger partial charge in [-0.1, -0.05) is 31.2 Å². The van der Waals surface area contributed by atoms with Crippen molar-refractivity contribution in [2.24, 2.45) is 0 Å². The number of rotatable bonds is 5. The highest BCUT2D eigenvalue weighted by molar-refractivity contribution is 5.48. The molecule has 2 nitrogen and oxygen atoms in total. The van der Waals surface area contributed by atoms with Crippen LogP contribution in [0.25, 0.3) is 0 Å². The number of ether oxygens (including phenoxy) is 1. The van der Waals surface area contributed by atoms with Crippen LogP contribution in [-0.4, -0.2) is 13.7 Å². The van der Waals surface area contributed by atoms with Crippen molar-refractivity contribution in [3.63, 3.8) is 0 Å². The lowest BCUT2D eigenvalue weighted by Gasteiger charge is -2.24. The minimum absolute atomic E-state index is 0.203. The maximum atomic E-state index is 14.2. The molecule has 0 bridgehead atoms. The summed E-state index contributed by atoms with van der Waals surface area (Å²) in [5.74, 6) is 0.590. The van der Waals surface area contributed by atoms with E-state index in [1.54, 1.807) is 13.2 Å². The van der Waals surface area contributed by atoms with E-state index in [1.807, 2.05) is 39.0 Å². The van der Waals surface area contributed by atoms with Crippen LogP contribution in [0, 0.1) is 19.7 Å². The number of hydrogen-bond acceptors (Lipinski definition) is 2. The van der Waals surface area contributed by atoms with E-state index in [1.165, 1.54) is 6.07 Å². The van der Waals surface area contributed by atoms with Crippen LogP contribution in [0.5, 0.6) is 5.75 Å². The van der Waals surface area contributed by atoms with Gasteiger partial charge in [0.25, 0.3) is 0 Å². The predicted octanol–water partition coefficient (Wildman–Crippen LogP) is 4.15. The van der Waals surface area contributed by atoms with Gasteiger partial charge in [0.05, 0.1) is 13.2 Å². The molecule has 0 aliphatic rings. The minimum Gasteiger partial charge on any atom is -0.496 e. The van der Waals surface area contributed by atoms with Gasteiger partial charge in [0.2, 0.25) is 0 Å². The van der Waals surface area contributed by atoms with E-state index in [0.29, 0.717) is 5.56 Å². The standard InChI is InChI=1S/C18H22FNO/c1-5-20-18(14-8-6-7-9-15(14)19)17-13(3)10-12(2)11-16(17)21-4/h6-11,18,20H,5H2,1-4H3. The average molecular weight is 287 g/mol. The summed E-state index contributed by atoms with van der Waals surface area (Å²) in [6, 6.07) is 10.8. The number of methoxy groups -OCH3 is 1. The lowest BCUT2D eigenvalue weighted by Crippen LogP contribution is -2.24. The summed E-state index contributed by atoms with van der Waals surface area (Å²) in [4.78, 5) is 0. The Morgan fingerprint density at radius 2 is 1.90 bits per heavy atom. The van der Waals surface area contributed by atoms with Gasteiger partial charge in [-0.15, -0.1) is 0 Å². The van der Waals surface area contributed by atoms with E-state index in [4.69, 9.17) is 4.74 Å². The average Bonchev–Trinajstić information content (AvgIpc) is 2.45. The first kappa shape index (κ1) is 15.5. The van der Waals surface area contributed by atoms with Crippen molar-refractivity contribution in [3.8, 4) is 5.75 Å². The molecule has 0 aliphatic heterocycles. The van der Waals surface area contributed by atoms with E-state index >= 15 is 0 Å². The predicted molar refractivity (Wildman–Crippen MR) is 84.4 cm³/mol. The molecule has 0 spiro atoms. The molecule has 112 valence electrons. The lowest BCUT2D eigenvalue weighted by atomic mass is 9.92. The normalized spacial score (nSPS) is 12.2. The fraction of sp³-hybridized carbons (Fsp3) is 0.333. The quantitative estimate of drug-likeness (QED) is 0.892. The van der Waals surface area contributed by atoms with E-state index in [9.17, 15) is 4.39 Å². The second kappa shape index (κ2) is 6.72. The van der Waals surface area contributed by atoms with Crippen LogP contribution in [0.15, 0.2) is 36.4 Å². The summed E-state index contributed by atoms with van der Waals surface area (Å²) in [5.41, 5.74) is 3.87. The van der Waals surface area contributed by atoms with Gasteiger partial charge in [0, 0.05) is 11.1 Å². The first-order chi connectivity index (χ1) is 10.1. The Morgan fingerprint density at radius 3 is 2.52 bits per heavy atom. The number of nitrogens with one attached hydrogen (secondary N) is 1. The molecule has 0 saturated carbocycles. The molecule has 2 rings (SSSR count). The topological polar surface area (TPSA) is 21.3 Å². The Kier molecular flexibility index (Phi) is 4.97. The summed E-state index contributed by atoms with van der Waals surface area (Å²) >= 11 is 0. The largest absolute Gasteiger partial charge is 0.496 e. The number of halogens is 1. The van der Waals surface area contributed by atoms with Gasteiger partial charge in [-0.2, -0.15) is 0 Å². The van der Waals surface area contributed by atoms with Crippen molar-refractivity contribution >= 4 is 0 Å². The smallest absolute Gasteiger partial charge is 0.128 e. The molecular weight excluding hydrogens is 265 g/mol. The fourth-order valence-corrected chi connectivity index (χ4v) is 2.76. The summed E-state index contributed by atoms with van der Waals surface area (Å²) < 4.78 is 19.7. The third kappa shape index (κ3) is 3.24. The molecule has 0 radical (unpaired) electrons. The summed E-state index contributed by atoms with van der Waals surface area (Å²) in [6.07, 6.45) is 0. The molecule has 0 aromatic heterocycles. The van der Waals surface area contributed by atoms with Gasteiger partial charge in [0.1, 0.15) is 11.6 Å². The molecule has 0 saturated heterocycles. The highest BCUT2D eigenvalue weighted by Gasteiger charge is 2.22. The van der Waals surface area contributed by atoms with Crippen LogP contribution >= 0.6 is 0 Å². The first-order valence-electron chi connectivity index (χ1n) is 7.21. The molecule has 0 fully saturated rings. The second-order valence-electron chi connectivity index (χ2n) is 5.21. The van der Waals surface area contributed by atoms with Crippen LogP contribution in [-0.2, 0) is 0 Å². The van der Waals surface area contributed by atoms with Crippen molar-refractivity contribution in [1.82, 2.24) is 5.32 Å². The number of aryl methyl sites for hydroxylation is 2. The van der Waals surface area contributed by atoms with Crippen LogP contribution in [0.1, 0.15) is 35.2 Å². The molecule has 0 aliphatic carbocycles. The van der Waals surface area contributed by atoms with Crippen LogP contribution in [0.2, 0.25) is 0 Å². The third-order valence-electron chi connectivity index (χ3n) is 3.63. The van der Waals surface area contributed by atoms with E-state index in [0.717, 1.165) is 29.0 Å². The zero-order valence-electron chi connectivity index (χ0n) is 13.0. The molecule has 1 atom stereocenters. The van der Waals surface area contributed by atoms with Crippen molar-refractivity contribution in [2.45, 2.75) is 26.8 Å². The molecular formula is C18H22FNO. The van der Waals surface area contributed by atoms with Crippen LogP contribution in [0.3, 0.4) is 0 Å². The number of benzene rings is 2. The van der Waals surface area contributed by atoms with Gasteiger partial charge in [-0.3, -0.25) is 0 Å². The Labute approximate surface area is 126 Å². The molecule has 0 amide bonds. The van der Waals surface area contributed by atoms with Crippen molar-refractivity contribution in [3.05, 3.63) is 64.5 Å². The van der Waals surface area contributed by atoms with Gasteiger partial charge in [-0.05, 0) is 43.7 Å². The maximum Gasteiger partial charge on any atom is 0.128 e. The molecule has 1 unspecified atom stereocenters. The van der Waals surface area contributed by atoms with Gasteiger partial charge in [-0.25, -0.2) is 4.39 Å². The molecule has 21 heavy (non-hydrogen) atoms. The Balaban J connectivity index is 2.61. The molecule has 3 heteroatoms. The highest BCUT2D eigenvalue weighted by Crippen LogP contribution is 2.34. The summed E-state index contributed by atoms with van der Waals surface area (Å²) in [7, 11) is 1.65. The van der Waals surface area contributed by atoms with E-state index < -0.39 is 0 Å². The van der Waals surface area contributed by atoms with E-state index in [-0.39, 0.29) is 11.9 Å². The van der Waals surface area contributed by atoms with E-state index in [2.05, 4.69) is 11.4 Å².